The lowest BCUT2D eigenvalue weighted by molar-refractivity contribution is 0.290. The Morgan fingerprint density at radius 2 is 2.16 bits per heavy atom. The number of rotatable bonds is 7. The predicted molar refractivity (Wildman–Crippen MR) is 79.6 cm³/mol. The van der Waals surface area contributed by atoms with Gasteiger partial charge in [-0.05, 0) is 51.2 Å². The zero-order chi connectivity index (χ0) is 13.8. The summed E-state index contributed by atoms with van der Waals surface area (Å²) in [6, 6.07) is 4.30. The molecular weight excluding hydrogens is 238 g/mol. The minimum Gasteiger partial charge on any atom is -0.476 e. The lowest BCUT2D eigenvalue weighted by Crippen LogP contribution is -2.32. The van der Waals surface area contributed by atoms with E-state index in [1.807, 2.05) is 12.1 Å². The largest absolute Gasteiger partial charge is 0.476 e. The monoisotopic (exact) mass is 263 g/mol. The Kier molecular flexibility index (Phi) is 4.51. The van der Waals surface area contributed by atoms with Gasteiger partial charge in [-0.2, -0.15) is 4.98 Å². The van der Waals surface area contributed by atoms with Gasteiger partial charge in [-0.1, -0.05) is 6.92 Å². The van der Waals surface area contributed by atoms with Gasteiger partial charge in [0, 0.05) is 12.6 Å². The molecule has 1 aliphatic rings. The molecule has 0 aliphatic heterocycles. The molecule has 0 amide bonds. The van der Waals surface area contributed by atoms with E-state index in [0.717, 1.165) is 25.4 Å². The molecule has 1 heterocycles. The molecule has 0 unspecified atom stereocenters. The molecule has 0 spiro atoms. The molecule has 1 aromatic heterocycles. The number of hydrogen-bond acceptors (Lipinski definition) is 4. The summed E-state index contributed by atoms with van der Waals surface area (Å²) >= 11 is 0. The van der Waals surface area contributed by atoms with E-state index in [1.165, 1.54) is 12.8 Å². The van der Waals surface area contributed by atoms with Crippen molar-refractivity contribution < 1.29 is 4.74 Å². The number of ether oxygens (including phenoxy) is 1. The molecule has 4 heteroatoms. The minimum absolute atomic E-state index is 0.423. The number of nitrogens with two attached hydrogens (primary N) is 1. The highest BCUT2D eigenvalue weighted by Gasteiger charge is 2.23. The van der Waals surface area contributed by atoms with Crippen LogP contribution in [-0.4, -0.2) is 24.2 Å². The van der Waals surface area contributed by atoms with E-state index in [0.29, 0.717) is 23.5 Å². The van der Waals surface area contributed by atoms with Crippen molar-refractivity contribution in [2.45, 2.75) is 46.1 Å². The summed E-state index contributed by atoms with van der Waals surface area (Å²) in [5.41, 5.74) is 6.57. The van der Waals surface area contributed by atoms with E-state index >= 15 is 0 Å². The van der Waals surface area contributed by atoms with Gasteiger partial charge in [0.05, 0.1) is 12.3 Å². The van der Waals surface area contributed by atoms with Crippen LogP contribution in [0, 0.1) is 5.92 Å². The van der Waals surface area contributed by atoms with Crippen LogP contribution in [0.15, 0.2) is 12.1 Å². The van der Waals surface area contributed by atoms with Crippen LogP contribution in [-0.2, 0) is 0 Å². The Balaban J connectivity index is 2.12. The summed E-state index contributed by atoms with van der Waals surface area (Å²) in [5, 5.41) is 0. The normalized spacial score (nSPS) is 14.7. The van der Waals surface area contributed by atoms with Gasteiger partial charge in [0.1, 0.15) is 5.82 Å². The van der Waals surface area contributed by atoms with Crippen molar-refractivity contribution in [1.82, 2.24) is 4.98 Å². The van der Waals surface area contributed by atoms with Crippen molar-refractivity contribution in [2.24, 2.45) is 5.92 Å². The summed E-state index contributed by atoms with van der Waals surface area (Å²) < 4.78 is 5.75. The second kappa shape index (κ2) is 6.13. The molecule has 106 valence electrons. The lowest BCUT2D eigenvalue weighted by atomic mass is 10.2. The third-order valence-corrected chi connectivity index (χ3v) is 3.41. The Bertz CT molecular complexity index is 416. The third kappa shape index (κ3) is 3.75. The fourth-order valence-corrected chi connectivity index (χ4v) is 2.08. The number of nitrogens with zero attached hydrogens (tertiary/aromatic N) is 2. The second-order valence-corrected chi connectivity index (χ2v) is 5.61. The van der Waals surface area contributed by atoms with Gasteiger partial charge in [0.2, 0.25) is 5.88 Å². The molecule has 2 N–H and O–H groups in total. The van der Waals surface area contributed by atoms with Crippen LogP contribution < -0.4 is 15.4 Å². The molecule has 1 fully saturated rings. The van der Waals surface area contributed by atoms with Crippen molar-refractivity contribution >= 4 is 11.5 Å². The predicted octanol–water partition coefficient (Wildman–Crippen LogP) is 3.08. The van der Waals surface area contributed by atoms with Crippen molar-refractivity contribution in [2.75, 3.05) is 23.8 Å². The van der Waals surface area contributed by atoms with Crippen molar-refractivity contribution in [3.63, 3.8) is 0 Å². The van der Waals surface area contributed by atoms with E-state index in [2.05, 4.69) is 30.7 Å². The average Bonchev–Trinajstić information content (AvgIpc) is 3.19. The first-order valence-corrected chi connectivity index (χ1v) is 7.27. The quantitative estimate of drug-likeness (QED) is 0.821. The molecule has 0 atom stereocenters. The second-order valence-electron chi connectivity index (χ2n) is 5.61. The maximum absolute atomic E-state index is 5.94. The van der Waals surface area contributed by atoms with E-state index < -0.39 is 0 Å². The summed E-state index contributed by atoms with van der Waals surface area (Å²) in [6.07, 6.45) is 3.64. The molecule has 0 radical (unpaired) electrons. The number of aromatic nitrogens is 1. The molecule has 4 nitrogen and oxygen atoms in total. The SMILES string of the molecule is CCCN(c1ccc(N)c(OCC2CC2)n1)C(C)C. The van der Waals surface area contributed by atoms with Crippen LogP contribution in [0.3, 0.4) is 0 Å². The summed E-state index contributed by atoms with van der Waals surface area (Å²) in [6.45, 7) is 8.28. The standard InChI is InChI=1S/C15H25N3O/c1-4-9-18(11(2)3)14-8-7-13(16)15(17-14)19-10-12-5-6-12/h7-8,11-12H,4-6,9-10,16H2,1-3H3. The maximum Gasteiger partial charge on any atom is 0.239 e. The molecule has 0 bridgehead atoms. The lowest BCUT2D eigenvalue weighted by Gasteiger charge is -2.27. The van der Waals surface area contributed by atoms with E-state index in [9.17, 15) is 0 Å². The zero-order valence-corrected chi connectivity index (χ0v) is 12.2. The van der Waals surface area contributed by atoms with Crippen LogP contribution in [0.25, 0.3) is 0 Å². The highest BCUT2D eigenvalue weighted by atomic mass is 16.5. The summed E-state index contributed by atoms with van der Waals surface area (Å²) in [7, 11) is 0. The Morgan fingerprint density at radius 1 is 1.42 bits per heavy atom. The first-order chi connectivity index (χ1) is 9.11. The molecule has 0 aromatic carbocycles. The van der Waals surface area contributed by atoms with E-state index in [4.69, 9.17) is 10.5 Å². The number of nitrogen functional groups attached to an aromatic ring is 1. The number of pyridine rings is 1. The van der Waals surface area contributed by atoms with Gasteiger partial charge in [-0.3, -0.25) is 0 Å². The highest BCUT2D eigenvalue weighted by Crippen LogP contribution is 2.31. The molecule has 19 heavy (non-hydrogen) atoms. The molecule has 1 aromatic rings. The smallest absolute Gasteiger partial charge is 0.239 e. The van der Waals surface area contributed by atoms with Crippen molar-refractivity contribution in [1.29, 1.82) is 0 Å². The van der Waals surface area contributed by atoms with Gasteiger partial charge >= 0.3 is 0 Å². The molecular formula is C15H25N3O. The Labute approximate surface area is 116 Å². The Hall–Kier alpha value is -1.45. The fraction of sp³-hybridized carbons (Fsp3) is 0.667. The molecule has 1 aliphatic carbocycles. The fourth-order valence-electron chi connectivity index (χ4n) is 2.08. The van der Waals surface area contributed by atoms with Crippen LogP contribution >= 0.6 is 0 Å². The average molecular weight is 263 g/mol. The number of anilines is 2. The van der Waals surface area contributed by atoms with Crippen molar-refractivity contribution in [3.05, 3.63) is 12.1 Å². The van der Waals surface area contributed by atoms with Crippen LogP contribution in [0.5, 0.6) is 5.88 Å². The van der Waals surface area contributed by atoms with Gasteiger partial charge in [0.25, 0.3) is 0 Å². The molecule has 0 saturated heterocycles. The van der Waals surface area contributed by atoms with Crippen LogP contribution in [0.1, 0.15) is 40.0 Å². The topological polar surface area (TPSA) is 51.4 Å². The van der Waals surface area contributed by atoms with Gasteiger partial charge in [-0.15, -0.1) is 0 Å². The van der Waals surface area contributed by atoms with E-state index in [-0.39, 0.29) is 0 Å². The number of hydrogen-bond donors (Lipinski definition) is 1. The van der Waals surface area contributed by atoms with Crippen molar-refractivity contribution in [3.8, 4) is 5.88 Å². The first-order valence-electron chi connectivity index (χ1n) is 7.27. The van der Waals surface area contributed by atoms with Crippen LogP contribution in [0.4, 0.5) is 11.5 Å². The maximum atomic E-state index is 5.94. The van der Waals surface area contributed by atoms with Gasteiger partial charge in [-0.25, -0.2) is 0 Å². The van der Waals surface area contributed by atoms with Crippen LogP contribution in [0.2, 0.25) is 0 Å². The van der Waals surface area contributed by atoms with Gasteiger partial charge in [0.15, 0.2) is 0 Å². The summed E-state index contributed by atoms with van der Waals surface area (Å²) in [4.78, 5) is 6.87. The Morgan fingerprint density at radius 3 is 2.74 bits per heavy atom. The first kappa shape index (κ1) is 14.0. The molecule has 1 saturated carbocycles. The molecule has 2 rings (SSSR count). The zero-order valence-electron chi connectivity index (χ0n) is 12.2. The minimum atomic E-state index is 0.423. The highest BCUT2D eigenvalue weighted by molar-refractivity contribution is 5.54. The van der Waals surface area contributed by atoms with E-state index in [1.54, 1.807) is 0 Å². The third-order valence-electron chi connectivity index (χ3n) is 3.41. The van der Waals surface area contributed by atoms with Gasteiger partial charge < -0.3 is 15.4 Å². The summed E-state index contributed by atoms with van der Waals surface area (Å²) in [5.74, 6) is 2.25.